The Morgan fingerprint density at radius 2 is 2.03 bits per heavy atom. The van der Waals surface area contributed by atoms with E-state index in [1.165, 1.54) is 16.2 Å². The third-order valence-electron chi connectivity index (χ3n) is 5.92. The molecule has 34 heavy (non-hydrogen) atoms. The molecule has 2 aromatic carbocycles. The second kappa shape index (κ2) is 9.80. The Morgan fingerprint density at radius 3 is 2.88 bits per heavy atom. The molecular formula is C27H23N3O2S2. The number of anilines is 1. The molecule has 1 aliphatic rings. The fraction of sp³-hybridized carbons (Fsp3) is 0.222. The second-order valence-electron chi connectivity index (χ2n) is 8.01. The minimum absolute atomic E-state index is 0.302. The van der Waals surface area contributed by atoms with E-state index in [0.29, 0.717) is 22.8 Å². The van der Waals surface area contributed by atoms with Crippen LogP contribution in [0.25, 0.3) is 27.6 Å². The molecule has 5 rings (SSSR count). The molecule has 0 saturated carbocycles. The van der Waals surface area contributed by atoms with Gasteiger partial charge in [-0.3, -0.25) is 0 Å². The maximum Gasteiger partial charge on any atom is 0.341 e. The number of esters is 1. The molecule has 0 saturated heterocycles. The van der Waals surface area contributed by atoms with Crippen molar-refractivity contribution in [2.24, 2.45) is 0 Å². The van der Waals surface area contributed by atoms with Gasteiger partial charge in [-0.1, -0.05) is 42.5 Å². The Morgan fingerprint density at radius 1 is 1.21 bits per heavy atom. The van der Waals surface area contributed by atoms with Crippen LogP contribution >= 0.6 is 22.7 Å². The first kappa shape index (κ1) is 22.3. The largest absolute Gasteiger partial charge is 0.462 e. The predicted octanol–water partition coefficient (Wildman–Crippen LogP) is 7.06. The minimum atomic E-state index is -0.302. The molecule has 2 heterocycles. The first-order valence-electron chi connectivity index (χ1n) is 11.3. The van der Waals surface area contributed by atoms with Crippen LogP contribution in [0.15, 0.2) is 54.0 Å². The summed E-state index contributed by atoms with van der Waals surface area (Å²) in [5.74, 6) is -0.302. The molecule has 0 bridgehead atoms. The smallest absolute Gasteiger partial charge is 0.341 e. The molecule has 0 aliphatic heterocycles. The lowest BCUT2D eigenvalue weighted by Crippen LogP contribution is -2.10. The van der Waals surface area contributed by atoms with Gasteiger partial charge in [0.2, 0.25) is 0 Å². The molecule has 0 unspecified atom stereocenters. The van der Waals surface area contributed by atoms with Crippen molar-refractivity contribution in [3.8, 4) is 17.3 Å². The standard InChI is InChI=1S/C27H23N3O2S2/c1-2-32-27(31)24-21-11-5-6-13-23(21)34-26(24)29-15-18(14-28)25-30-22(16-33-25)20-12-7-9-17-8-3-4-10-19(17)20/h3-4,7-10,12,15-16,29H,2,5-6,11,13H2,1H3. The van der Waals surface area contributed by atoms with E-state index in [2.05, 4.69) is 35.7 Å². The number of thiophene rings is 1. The summed E-state index contributed by atoms with van der Waals surface area (Å²) in [6.07, 6.45) is 5.72. The van der Waals surface area contributed by atoms with Crippen LogP contribution in [0.5, 0.6) is 0 Å². The van der Waals surface area contributed by atoms with Gasteiger partial charge in [-0.25, -0.2) is 9.78 Å². The predicted molar refractivity (Wildman–Crippen MR) is 139 cm³/mol. The number of benzene rings is 2. The summed E-state index contributed by atoms with van der Waals surface area (Å²) in [7, 11) is 0. The number of ether oxygens (including phenoxy) is 1. The van der Waals surface area contributed by atoms with Gasteiger partial charge in [0, 0.05) is 22.0 Å². The number of aryl methyl sites for hydroxylation is 1. The summed E-state index contributed by atoms with van der Waals surface area (Å²) >= 11 is 3.02. The van der Waals surface area contributed by atoms with Crippen LogP contribution < -0.4 is 5.32 Å². The quantitative estimate of drug-likeness (QED) is 0.234. The summed E-state index contributed by atoms with van der Waals surface area (Å²) in [5.41, 5.74) is 4.03. The average Bonchev–Trinajstić information content (AvgIpc) is 3.49. The van der Waals surface area contributed by atoms with Crippen molar-refractivity contribution in [2.45, 2.75) is 32.6 Å². The Labute approximate surface area is 206 Å². The van der Waals surface area contributed by atoms with Gasteiger partial charge in [-0.05, 0) is 48.9 Å². The molecule has 2 aromatic heterocycles. The number of nitrogens with one attached hydrogen (secondary N) is 1. The van der Waals surface area contributed by atoms with Crippen LogP contribution in [0.2, 0.25) is 0 Å². The van der Waals surface area contributed by atoms with Gasteiger partial charge < -0.3 is 10.1 Å². The highest BCUT2D eigenvalue weighted by atomic mass is 32.1. The fourth-order valence-electron chi connectivity index (χ4n) is 4.34. The Kier molecular flexibility index (Phi) is 6.43. The highest BCUT2D eigenvalue weighted by Gasteiger charge is 2.26. The molecule has 0 amide bonds. The van der Waals surface area contributed by atoms with Crippen LogP contribution in [0, 0.1) is 11.3 Å². The maximum atomic E-state index is 12.7. The third kappa shape index (κ3) is 4.23. The van der Waals surface area contributed by atoms with E-state index in [0.717, 1.165) is 58.3 Å². The Balaban J connectivity index is 1.46. The topological polar surface area (TPSA) is 75.0 Å². The number of carbonyl (C=O) groups is 1. The second-order valence-corrected chi connectivity index (χ2v) is 9.98. The van der Waals surface area contributed by atoms with Crippen molar-refractivity contribution in [1.29, 1.82) is 5.26 Å². The van der Waals surface area contributed by atoms with E-state index >= 15 is 0 Å². The van der Waals surface area contributed by atoms with Crippen LogP contribution in [0.3, 0.4) is 0 Å². The number of thiazole rings is 1. The number of hydrogen-bond donors (Lipinski definition) is 1. The maximum absolute atomic E-state index is 12.7. The lowest BCUT2D eigenvalue weighted by Gasteiger charge is -2.12. The molecule has 170 valence electrons. The summed E-state index contributed by atoms with van der Waals surface area (Å²) in [4.78, 5) is 18.7. The van der Waals surface area contributed by atoms with E-state index in [9.17, 15) is 10.1 Å². The van der Waals surface area contributed by atoms with Gasteiger partial charge in [-0.2, -0.15) is 5.26 Å². The summed E-state index contributed by atoms with van der Waals surface area (Å²) < 4.78 is 5.33. The first-order valence-corrected chi connectivity index (χ1v) is 13.0. The fourth-order valence-corrected chi connectivity index (χ4v) is 6.37. The molecule has 0 spiro atoms. The number of aromatic nitrogens is 1. The van der Waals surface area contributed by atoms with Crippen LogP contribution in [-0.4, -0.2) is 17.6 Å². The van der Waals surface area contributed by atoms with E-state index in [-0.39, 0.29) is 5.97 Å². The Hall–Kier alpha value is -3.47. The lowest BCUT2D eigenvalue weighted by molar-refractivity contribution is 0.0526. The molecule has 1 N–H and O–H groups in total. The summed E-state index contributed by atoms with van der Waals surface area (Å²) in [6, 6.07) is 16.6. The van der Waals surface area contributed by atoms with E-state index in [4.69, 9.17) is 9.72 Å². The van der Waals surface area contributed by atoms with Gasteiger partial charge in [-0.15, -0.1) is 22.7 Å². The highest BCUT2D eigenvalue weighted by molar-refractivity contribution is 7.16. The van der Waals surface area contributed by atoms with Crippen molar-refractivity contribution >= 4 is 50.0 Å². The number of rotatable bonds is 6. The highest BCUT2D eigenvalue weighted by Crippen LogP contribution is 2.39. The van der Waals surface area contributed by atoms with Gasteiger partial charge in [0.25, 0.3) is 0 Å². The number of nitrogens with zero attached hydrogens (tertiary/aromatic N) is 2. The molecule has 0 fully saturated rings. The molecule has 5 nitrogen and oxygen atoms in total. The van der Waals surface area contributed by atoms with E-state index < -0.39 is 0 Å². The number of hydrogen-bond acceptors (Lipinski definition) is 7. The molecule has 0 radical (unpaired) electrons. The van der Waals surface area contributed by atoms with Gasteiger partial charge in [0.1, 0.15) is 21.7 Å². The van der Waals surface area contributed by atoms with Crippen molar-refractivity contribution in [3.63, 3.8) is 0 Å². The zero-order valence-electron chi connectivity index (χ0n) is 18.8. The van der Waals surface area contributed by atoms with Crippen molar-refractivity contribution in [2.75, 3.05) is 11.9 Å². The van der Waals surface area contributed by atoms with E-state index in [1.54, 1.807) is 17.5 Å². The van der Waals surface area contributed by atoms with Gasteiger partial charge in [0.15, 0.2) is 0 Å². The average molecular weight is 486 g/mol. The SMILES string of the molecule is CCOC(=O)c1c(NC=C(C#N)c2nc(-c3cccc4ccccc34)cs2)sc2c1CCCC2. The molecule has 0 atom stereocenters. The zero-order valence-corrected chi connectivity index (χ0v) is 20.4. The van der Waals surface area contributed by atoms with Gasteiger partial charge in [0.05, 0.1) is 17.9 Å². The van der Waals surface area contributed by atoms with E-state index in [1.807, 2.05) is 30.5 Å². The summed E-state index contributed by atoms with van der Waals surface area (Å²) in [6.45, 7) is 2.14. The van der Waals surface area contributed by atoms with Crippen molar-refractivity contribution < 1.29 is 9.53 Å². The monoisotopic (exact) mass is 485 g/mol. The third-order valence-corrected chi connectivity index (χ3v) is 8.02. The Bertz CT molecular complexity index is 1440. The first-order chi connectivity index (χ1) is 16.7. The van der Waals surface area contributed by atoms with Crippen molar-refractivity contribution in [1.82, 2.24) is 4.98 Å². The lowest BCUT2D eigenvalue weighted by atomic mass is 9.95. The van der Waals surface area contributed by atoms with Crippen LogP contribution in [-0.2, 0) is 17.6 Å². The van der Waals surface area contributed by atoms with Crippen LogP contribution in [0.1, 0.15) is 45.6 Å². The summed E-state index contributed by atoms with van der Waals surface area (Å²) in [5, 5.41) is 18.7. The van der Waals surface area contributed by atoms with Crippen molar-refractivity contribution in [3.05, 3.63) is 75.1 Å². The van der Waals surface area contributed by atoms with Crippen LogP contribution in [0.4, 0.5) is 5.00 Å². The molecule has 4 aromatic rings. The molecule has 1 aliphatic carbocycles. The molecular weight excluding hydrogens is 462 g/mol. The number of carbonyl (C=O) groups excluding carboxylic acids is 1. The number of allylic oxidation sites excluding steroid dienone is 1. The van der Waals surface area contributed by atoms with Gasteiger partial charge >= 0.3 is 5.97 Å². The zero-order chi connectivity index (χ0) is 23.5. The minimum Gasteiger partial charge on any atom is -0.462 e. The normalized spacial score (nSPS) is 13.4. The molecule has 7 heteroatoms. The number of nitriles is 1. The number of fused-ring (bicyclic) bond motifs is 2.